The van der Waals surface area contributed by atoms with Crippen molar-refractivity contribution >= 4 is 71.9 Å². The number of carbonyl (C=O) groups is 1. The summed E-state index contributed by atoms with van der Waals surface area (Å²) >= 11 is 6.23. The third kappa shape index (κ3) is 18.8. The summed E-state index contributed by atoms with van der Waals surface area (Å²) in [6.45, 7) is 27.9. The lowest BCUT2D eigenvalue weighted by molar-refractivity contribution is 0.0143. The highest BCUT2D eigenvalue weighted by molar-refractivity contribution is 6.31. The maximum absolute atomic E-state index is 12.0. The number of halogens is 1. The van der Waals surface area contributed by atoms with Crippen LogP contribution in [-0.4, -0.2) is 153 Å². The number of fused-ring (bicyclic) bond motifs is 15. The summed E-state index contributed by atoms with van der Waals surface area (Å²) in [5.74, 6) is -0.132. The molecule has 0 radical (unpaired) electrons. The highest BCUT2D eigenvalue weighted by Crippen LogP contribution is 2.42. The Bertz CT molecular complexity index is 6460. The number of para-hydroxylation sites is 1. The standard InChI is InChI=1S/C23H27N3O2.C22H27N3O.C21H25N3O.C20H21ClN2O.C20H23N3O/c1-15-7-8-20-17(12-15)18-13-25(4)11-9-21(18)26(20)14-23(3,28)19-6-5-10-24-22(19)16(2)27;1-4-22(26,17-6-5-10-23-13-17)15-25-20-8-7-16(2)12-18(20)19-14-24(3)11-9-21(19)25;1-15-6-7-19-17(11-15)18-13-23(3)10-8-20(18)24(19)14-21(2,25)16-5-4-9-22-12-16;1-20(24,14-5-4-10-22-12-14)13-23-18-7-3-2-6-16(18)17-11-15(21)8-9-19(17)23;1-20(24,15-6-5-10-21-12-15)14-23-18-8-4-3-7-16(18)17-13-22(2)11-9-19(17)23/h5-8,10,12,28H,9,11,13-14H2,1-4H3;5-8,10,12-13,26H,4,9,11,14-15H2,1-3H3;4-7,9,11-12,25H,8,10,13-14H2,1-3H3;4-5,8-12,24H,2-3,6-7,13H2,1H3;3-8,10,12,24H,9,11,13-14H2,1-2H3. The van der Waals surface area contributed by atoms with Crippen LogP contribution in [0.3, 0.4) is 0 Å². The Morgan fingerprint density at radius 2 is 0.709 bits per heavy atom. The van der Waals surface area contributed by atoms with Gasteiger partial charge in [0.1, 0.15) is 33.7 Å². The maximum Gasteiger partial charge on any atom is 0.178 e. The molecule has 10 aromatic heterocycles. The van der Waals surface area contributed by atoms with E-state index in [2.05, 4.69) is 207 Å². The number of nitrogens with zero attached hydrogens (tertiary/aromatic N) is 14. The molecule has 5 aliphatic rings. The molecule has 5 N–H and O–H groups in total. The molecule has 20 nitrogen and oxygen atoms in total. The summed E-state index contributed by atoms with van der Waals surface area (Å²) in [6, 6.07) is 53.3. The van der Waals surface area contributed by atoms with Crippen molar-refractivity contribution in [2.75, 3.05) is 54.4 Å². The van der Waals surface area contributed by atoms with Crippen LogP contribution in [0, 0.1) is 20.8 Å². The van der Waals surface area contributed by atoms with Crippen molar-refractivity contribution in [3.63, 3.8) is 0 Å². The van der Waals surface area contributed by atoms with Gasteiger partial charge in [0, 0.05) is 257 Å². The molecular formula is C106H123ClN14O6. The molecule has 0 amide bonds. The Morgan fingerprint density at radius 3 is 1.10 bits per heavy atom. The van der Waals surface area contributed by atoms with Gasteiger partial charge in [0.05, 0.1) is 32.7 Å². The fourth-order valence-corrected chi connectivity index (χ4v) is 20.4. The molecule has 0 fully saturated rings. The third-order valence-corrected chi connectivity index (χ3v) is 27.4. The van der Waals surface area contributed by atoms with Gasteiger partial charge in [0.2, 0.25) is 0 Å². The van der Waals surface area contributed by atoms with Crippen LogP contribution in [0.5, 0.6) is 0 Å². The number of pyridine rings is 5. The normalized spacial score (nSPS) is 17.2. The Balaban J connectivity index is 0.000000117. The van der Waals surface area contributed by atoms with Crippen molar-refractivity contribution in [1.29, 1.82) is 0 Å². The Morgan fingerprint density at radius 1 is 0.370 bits per heavy atom. The molecule has 5 atom stereocenters. The molecule has 0 bridgehead atoms. The second-order valence-corrected chi connectivity index (χ2v) is 37.8. The number of carbonyl (C=O) groups excluding carboxylic acids is 1. The predicted octanol–water partition coefficient (Wildman–Crippen LogP) is 17.7. The Kier molecular flexibility index (Phi) is 26.1. The minimum atomic E-state index is -1.21. The van der Waals surface area contributed by atoms with E-state index in [1.807, 2.05) is 82.3 Å². The number of rotatable bonds is 17. The molecule has 660 valence electrons. The summed E-state index contributed by atoms with van der Waals surface area (Å²) in [6.07, 6.45) is 24.8. The first-order chi connectivity index (χ1) is 60.9. The molecule has 0 saturated heterocycles. The van der Waals surface area contributed by atoms with E-state index >= 15 is 0 Å². The highest BCUT2D eigenvalue weighted by Gasteiger charge is 2.37. The molecule has 4 aliphatic heterocycles. The van der Waals surface area contributed by atoms with Gasteiger partial charge in [-0.05, 0) is 228 Å². The van der Waals surface area contributed by atoms with Gasteiger partial charge in [-0.2, -0.15) is 0 Å². The van der Waals surface area contributed by atoms with Crippen molar-refractivity contribution in [2.45, 2.75) is 207 Å². The van der Waals surface area contributed by atoms with Crippen molar-refractivity contribution in [3.8, 4) is 0 Å². The number of likely N-dealkylation sites (N-methyl/N-ethyl adjacent to an activating group) is 4. The van der Waals surface area contributed by atoms with Gasteiger partial charge in [0.25, 0.3) is 0 Å². The zero-order chi connectivity index (χ0) is 89.4. The molecule has 15 aromatic rings. The highest BCUT2D eigenvalue weighted by atomic mass is 35.5. The summed E-state index contributed by atoms with van der Waals surface area (Å²) in [5.41, 5.74) is 22.8. The molecule has 21 heteroatoms. The van der Waals surface area contributed by atoms with E-state index in [0.717, 1.165) is 129 Å². The van der Waals surface area contributed by atoms with Crippen LogP contribution in [-0.2, 0) is 125 Å². The van der Waals surface area contributed by atoms with Crippen LogP contribution >= 0.6 is 11.6 Å². The number of aromatic nitrogens is 10. The average Bonchev–Trinajstić information content (AvgIpc) is 1.62. The first kappa shape index (κ1) is 89.5. The number of ketones is 1. The fraction of sp³-hybridized carbons (Fsp3) is 0.377. The SMILES string of the molecule is CC(=O)c1ncccc1C(C)(O)Cn1c2c(c3cc(C)ccc31)CN(C)CC2.CC(O)(Cn1c2c(c3cc(Cl)ccc31)CCCC2)c1cccnc1.CCC(O)(Cn1c2c(c3cc(C)ccc31)CN(C)CC2)c1cccnc1.CN1CCc2c(c3ccccc3n2CC(C)(O)c2cccnc2)C1.Cc1ccc2c(c1)c1c(n2CC(C)(O)c2cccnc2)CCN(C)C1. The van der Waals surface area contributed by atoms with Gasteiger partial charge in [-0.1, -0.05) is 102 Å². The van der Waals surface area contributed by atoms with Crippen LogP contribution in [0.25, 0.3) is 54.5 Å². The fourth-order valence-electron chi connectivity index (χ4n) is 20.2. The number of aliphatic hydroxyl groups is 5. The lowest BCUT2D eigenvalue weighted by atomic mass is 9.92. The number of hydrogen-bond donors (Lipinski definition) is 5. The number of hydrogen-bond acceptors (Lipinski definition) is 15. The summed E-state index contributed by atoms with van der Waals surface area (Å²) < 4.78 is 11.5. The molecule has 0 saturated carbocycles. The topological polar surface area (TPSA) is 220 Å². The summed E-state index contributed by atoms with van der Waals surface area (Å²) in [5, 5.41) is 63.5. The van der Waals surface area contributed by atoms with Gasteiger partial charge in [0.15, 0.2) is 5.78 Å². The molecule has 5 aromatic carbocycles. The first-order valence-corrected chi connectivity index (χ1v) is 45.4. The second-order valence-electron chi connectivity index (χ2n) is 37.4. The zero-order valence-electron chi connectivity index (χ0n) is 76.0. The minimum Gasteiger partial charge on any atom is -0.384 e. The van der Waals surface area contributed by atoms with E-state index in [-0.39, 0.29) is 5.78 Å². The Labute approximate surface area is 751 Å². The molecule has 1 aliphatic carbocycles. The van der Waals surface area contributed by atoms with Gasteiger partial charge < -0.3 is 68.0 Å². The zero-order valence-corrected chi connectivity index (χ0v) is 76.8. The molecule has 20 rings (SSSR count). The van der Waals surface area contributed by atoms with E-state index < -0.39 is 28.0 Å². The summed E-state index contributed by atoms with van der Waals surface area (Å²) in [7, 11) is 8.67. The van der Waals surface area contributed by atoms with Crippen molar-refractivity contribution in [3.05, 3.63) is 325 Å². The average molecular weight is 1720 g/mol. The monoisotopic (exact) mass is 1720 g/mol. The van der Waals surface area contributed by atoms with E-state index in [1.165, 1.54) is 136 Å². The predicted molar refractivity (Wildman–Crippen MR) is 509 cm³/mol. The van der Waals surface area contributed by atoms with E-state index in [1.54, 1.807) is 74.8 Å². The lowest BCUT2D eigenvalue weighted by Gasteiger charge is -2.30. The van der Waals surface area contributed by atoms with Gasteiger partial charge in [-0.3, -0.25) is 29.7 Å². The van der Waals surface area contributed by atoms with Crippen LogP contribution in [0.15, 0.2) is 213 Å². The van der Waals surface area contributed by atoms with Gasteiger partial charge in [-0.25, -0.2) is 0 Å². The van der Waals surface area contributed by atoms with E-state index in [0.29, 0.717) is 50.4 Å². The van der Waals surface area contributed by atoms with Crippen molar-refractivity contribution < 1.29 is 30.3 Å². The first-order valence-electron chi connectivity index (χ1n) is 45.0. The van der Waals surface area contributed by atoms with Crippen LogP contribution in [0.2, 0.25) is 5.02 Å². The van der Waals surface area contributed by atoms with E-state index in [9.17, 15) is 30.3 Å². The molecule has 14 heterocycles. The second kappa shape index (κ2) is 37.1. The number of aryl methyl sites for hydroxylation is 4. The van der Waals surface area contributed by atoms with Gasteiger partial charge >= 0.3 is 0 Å². The minimum absolute atomic E-state index is 0.132. The quantitative estimate of drug-likeness (QED) is 0.0535. The van der Waals surface area contributed by atoms with Crippen molar-refractivity contribution in [2.24, 2.45) is 0 Å². The largest absolute Gasteiger partial charge is 0.384 e. The van der Waals surface area contributed by atoms with Crippen LogP contribution < -0.4 is 0 Å². The molecule has 127 heavy (non-hydrogen) atoms. The van der Waals surface area contributed by atoms with Crippen molar-refractivity contribution in [1.82, 2.24) is 67.4 Å². The Hall–Kier alpha value is -10.9. The third-order valence-electron chi connectivity index (χ3n) is 27.1. The van der Waals surface area contributed by atoms with Gasteiger partial charge in [-0.15, -0.1) is 0 Å². The lowest BCUT2D eigenvalue weighted by Crippen LogP contribution is -2.33. The molecule has 5 unspecified atom stereocenters. The van der Waals surface area contributed by atoms with Crippen LogP contribution in [0.4, 0.5) is 0 Å². The number of benzene rings is 5. The van der Waals surface area contributed by atoms with E-state index in [4.69, 9.17) is 11.6 Å². The summed E-state index contributed by atoms with van der Waals surface area (Å²) in [4.78, 5) is 42.4. The maximum atomic E-state index is 12.0. The molecule has 0 spiro atoms. The number of Topliss-reactive ketones (excluding diaryl/α,β-unsaturated/α-hetero) is 1. The smallest absolute Gasteiger partial charge is 0.178 e. The molecular weight excluding hydrogens is 1600 g/mol. The van der Waals surface area contributed by atoms with Crippen LogP contribution in [0.1, 0.15) is 172 Å².